The van der Waals surface area contributed by atoms with Crippen molar-refractivity contribution in [1.82, 2.24) is 14.8 Å². The van der Waals surface area contributed by atoms with Crippen molar-refractivity contribution in [1.29, 1.82) is 0 Å². The third-order valence-corrected chi connectivity index (χ3v) is 5.74. The van der Waals surface area contributed by atoms with Crippen molar-refractivity contribution in [3.63, 3.8) is 0 Å². The minimum absolute atomic E-state index is 0.000420. The van der Waals surface area contributed by atoms with Gasteiger partial charge in [0, 0.05) is 48.9 Å². The van der Waals surface area contributed by atoms with E-state index in [4.69, 9.17) is 0 Å². The minimum atomic E-state index is -0.0882. The van der Waals surface area contributed by atoms with E-state index in [2.05, 4.69) is 4.98 Å². The van der Waals surface area contributed by atoms with E-state index in [1.54, 1.807) is 17.5 Å². The number of piperidine rings is 1. The highest BCUT2D eigenvalue weighted by molar-refractivity contribution is 7.13. The number of rotatable bonds is 5. The zero-order valence-corrected chi connectivity index (χ0v) is 16.2. The predicted molar refractivity (Wildman–Crippen MR) is 104 cm³/mol. The first-order valence-corrected chi connectivity index (χ1v) is 10.1. The van der Waals surface area contributed by atoms with Gasteiger partial charge in [0.05, 0.1) is 5.92 Å². The Morgan fingerprint density at radius 2 is 2.12 bits per heavy atom. The standard InChI is InChI=1S/C20H25N3O2S/c1-3-22(4-2)20(25)17-9-6-11-23(14-17)19(24)16-8-5-7-15(13-16)18-21-10-12-26-18/h5,7-8,10,12-13,17H,3-4,6,9,11,14H2,1-2H3/t17-/m0/s1. The number of nitrogens with zero attached hydrogens (tertiary/aromatic N) is 3. The van der Waals surface area contributed by atoms with Gasteiger partial charge >= 0.3 is 0 Å². The van der Waals surface area contributed by atoms with E-state index in [0.717, 1.165) is 36.5 Å². The third-order valence-electron chi connectivity index (χ3n) is 4.92. The molecule has 1 aromatic carbocycles. The number of hydrogen-bond acceptors (Lipinski definition) is 4. The Morgan fingerprint density at radius 3 is 2.81 bits per heavy atom. The molecule has 5 nitrogen and oxygen atoms in total. The van der Waals surface area contributed by atoms with Crippen LogP contribution >= 0.6 is 11.3 Å². The smallest absolute Gasteiger partial charge is 0.253 e. The molecule has 1 fully saturated rings. The molecule has 0 spiro atoms. The maximum Gasteiger partial charge on any atom is 0.253 e. The Hall–Kier alpha value is -2.21. The van der Waals surface area contributed by atoms with Crippen molar-refractivity contribution in [2.75, 3.05) is 26.2 Å². The fraction of sp³-hybridized carbons (Fsp3) is 0.450. The van der Waals surface area contributed by atoms with Crippen molar-refractivity contribution in [3.8, 4) is 10.6 Å². The highest BCUT2D eigenvalue weighted by atomic mass is 32.1. The third kappa shape index (κ3) is 3.96. The largest absolute Gasteiger partial charge is 0.343 e. The first-order valence-electron chi connectivity index (χ1n) is 9.22. The molecule has 0 saturated carbocycles. The van der Waals surface area contributed by atoms with Crippen LogP contribution in [0.25, 0.3) is 10.6 Å². The molecule has 2 amide bonds. The Bertz CT molecular complexity index is 756. The van der Waals surface area contributed by atoms with Gasteiger partial charge in [-0.05, 0) is 38.8 Å². The Morgan fingerprint density at radius 1 is 1.31 bits per heavy atom. The zero-order valence-electron chi connectivity index (χ0n) is 15.4. The Kier molecular flexibility index (Phi) is 6.04. The van der Waals surface area contributed by atoms with Gasteiger partial charge in [-0.1, -0.05) is 12.1 Å². The monoisotopic (exact) mass is 371 g/mol. The number of amides is 2. The fourth-order valence-electron chi connectivity index (χ4n) is 3.49. The van der Waals surface area contributed by atoms with Gasteiger partial charge in [-0.15, -0.1) is 11.3 Å². The summed E-state index contributed by atoms with van der Waals surface area (Å²) < 4.78 is 0. The number of benzene rings is 1. The lowest BCUT2D eigenvalue weighted by Gasteiger charge is -2.34. The van der Waals surface area contributed by atoms with Crippen molar-refractivity contribution < 1.29 is 9.59 Å². The SMILES string of the molecule is CCN(CC)C(=O)[C@H]1CCCN(C(=O)c2cccc(-c3nccs3)c2)C1. The van der Waals surface area contributed by atoms with Gasteiger partial charge in [-0.2, -0.15) is 0 Å². The Balaban J connectivity index is 1.73. The van der Waals surface area contributed by atoms with Crippen LogP contribution in [-0.4, -0.2) is 52.8 Å². The summed E-state index contributed by atoms with van der Waals surface area (Å²) in [6.45, 7) is 6.65. The van der Waals surface area contributed by atoms with Crippen molar-refractivity contribution in [3.05, 3.63) is 41.4 Å². The topological polar surface area (TPSA) is 53.5 Å². The van der Waals surface area contributed by atoms with Crippen LogP contribution in [-0.2, 0) is 4.79 Å². The fourth-order valence-corrected chi connectivity index (χ4v) is 4.13. The molecule has 6 heteroatoms. The average molecular weight is 372 g/mol. The van der Waals surface area contributed by atoms with E-state index in [0.29, 0.717) is 18.7 Å². The van der Waals surface area contributed by atoms with Gasteiger partial charge in [-0.25, -0.2) is 4.98 Å². The highest BCUT2D eigenvalue weighted by Gasteiger charge is 2.30. The second-order valence-electron chi connectivity index (χ2n) is 6.52. The number of thiazole rings is 1. The minimum Gasteiger partial charge on any atom is -0.343 e. The van der Waals surface area contributed by atoms with E-state index in [1.807, 2.05) is 53.3 Å². The van der Waals surface area contributed by atoms with Crippen LogP contribution in [0.5, 0.6) is 0 Å². The zero-order chi connectivity index (χ0) is 18.5. The predicted octanol–water partition coefficient (Wildman–Crippen LogP) is 3.53. The van der Waals surface area contributed by atoms with Gasteiger partial charge in [-0.3, -0.25) is 9.59 Å². The van der Waals surface area contributed by atoms with Crippen molar-refractivity contribution in [2.24, 2.45) is 5.92 Å². The molecule has 2 aromatic rings. The van der Waals surface area contributed by atoms with Gasteiger partial charge in [0.15, 0.2) is 0 Å². The molecule has 0 aliphatic carbocycles. The van der Waals surface area contributed by atoms with Crippen LogP contribution in [0.1, 0.15) is 37.0 Å². The number of hydrogen-bond donors (Lipinski definition) is 0. The number of carbonyl (C=O) groups is 2. The molecule has 1 aromatic heterocycles. The number of likely N-dealkylation sites (tertiary alicyclic amines) is 1. The molecule has 1 saturated heterocycles. The summed E-state index contributed by atoms with van der Waals surface area (Å²) >= 11 is 1.56. The quantitative estimate of drug-likeness (QED) is 0.808. The van der Waals surface area contributed by atoms with E-state index < -0.39 is 0 Å². The summed E-state index contributed by atoms with van der Waals surface area (Å²) in [7, 11) is 0. The first kappa shape index (κ1) is 18.6. The molecule has 0 unspecified atom stereocenters. The lowest BCUT2D eigenvalue weighted by Crippen LogP contribution is -2.46. The molecule has 1 aliphatic rings. The summed E-state index contributed by atoms with van der Waals surface area (Å²) in [6.07, 6.45) is 3.50. The van der Waals surface area contributed by atoms with Gasteiger partial charge in [0.2, 0.25) is 5.91 Å². The van der Waals surface area contributed by atoms with E-state index in [9.17, 15) is 9.59 Å². The Labute approximate surface area is 158 Å². The average Bonchev–Trinajstić information content (AvgIpc) is 3.23. The van der Waals surface area contributed by atoms with Crippen molar-refractivity contribution in [2.45, 2.75) is 26.7 Å². The second-order valence-corrected chi connectivity index (χ2v) is 7.41. The lowest BCUT2D eigenvalue weighted by atomic mass is 9.95. The van der Waals surface area contributed by atoms with Gasteiger partial charge in [0.1, 0.15) is 5.01 Å². The maximum absolute atomic E-state index is 13.0. The molecular weight excluding hydrogens is 346 g/mol. The van der Waals surface area contributed by atoms with Crippen LogP contribution in [0, 0.1) is 5.92 Å². The molecule has 1 aliphatic heterocycles. The van der Waals surface area contributed by atoms with Crippen LogP contribution in [0.3, 0.4) is 0 Å². The summed E-state index contributed by atoms with van der Waals surface area (Å²) in [6, 6.07) is 7.61. The summed E-state index contributed by atoms with van der Waals surface area (Å²) in [5.41, 5.74) is 1.62. The van der Waals surface area contributed by atoms with Crippen molar-refractivity contribution >= 4 is 23.2 Å². The summed E-state index contributed by atoms with van der Waals surface area (Å²) in [4.78, 5) is 33.6. The van der Waals surface area contributed by atoms with E-state index in [1.165, 1.54) is 0 Å². The molecule has 1 atom stereocenters. The lowest BCUT2D eigenvalue weighted by molar-refractivity contribution is -0.136. The summed E-state index contributed by atoms with van der Waals surface area (Å²) in [5, 5.41) is 2.84. The maximum atomic E-state index is 13.0. The van der Waals surface area contributed by atoms with E-state index >= 15 is 0 Å². The van der Waals surface area contributed by atoms with Crippen LogP contribution in [0.4, 0.5) is 0 Å². The number of aromatic nitrogens is 1. The summed E-state index contributed by atoms with van der Waals surface area (Å²) in [5.74, 6) is 0.0826. The molecule has 3 rings (SSSR count). The molecule has 0 radical (unpaired) electrons. The molecule has 0 N–H and O–H groups in total. The molecule has 0 bridgehead atoms. The first-order chi connectivity index (χ1) is 12.6. The van der Waals surface area contributed by atoms with Crippen LogP contribution in [0.15, 0.2) is 35.8 Å². The van der Waals surface area contributed by atoms with E-state index in [-0.39, 0.29) is 17.7 Å². The molecule has 138 valence electrons. The molecule has 2 heterocycles. The number of carbonyl (C=O) groups excluding carboxylic acids is 2. The van der Waals surface area contributed by atoms with Crippen LogP contribution in [0.2, 0.25) is 0 Å². The molecule has 26 heavy (non-hydrogen) atoms. The van der Waals surface area contributed by atoms with Crippen LogP contribution < -0.4 is 0 Å². The normalized spacial score (nSPS) is 17.2. The van der Waals surface area contributed by atoms with Gasteiger partial charge < -0.3 is 9.80 Å². The highest BCUT2D eigenvalue weighted by Crippen LogP contribution is 2.25. The molecular formula is C20H25N3O2S. The second kappa shape index (κ2) is 8.45. The van der Waals surface area contributed by atoms with Gasteiger partial charge in [0.25, 0.3) is 5.91 Å².